The second kappa shape index (κ2) is 7.42. The minimum Gasteiger partial charge on any atom is -0.341 e. The summed E-state index contributed by atoms with van der Waals surface area (Å²) in [5, 5.41) is 2.87. The van der Waals surface area contributed by atoms with Crippen LogP contribution in [0.4, 0.5) is 0 Å². The van der Waals surface area contributed by atoms with Gasteiger partial charge in [-0.1, -0.05) is 24.1 Å². The van der Waals surface area contributed by atoms with Gasteiger partial charge in [0.05, 0.1) is 0 Å². The lowest BCUT2D eigenvalue weighted by molar-refractivity contribution is -0.116. The maximum absolute atomic E-state index is 12.3. The number of nitrogens with one attached hydrogen (secondary N) is 1. The minimum atomic E-state index is -0.318. The molecule has 1 aromatic carbocycles. The predicted octanol–water partition coefficient (Wildman–Crippen LogP) is 1.46. The van der Waals surface area contributed by atoms with Gasteiger partial charge >= 0.3 is 0 Å². The molecule has 0 spiro atoms. The maximum atomic E-state index is 12.3. The quantitative estimate of drug-likeness (QED) is 0.853. The Kier molecular flexibility index (Phi) is 4.87. The molecule has 3 rings (SSSR count). The van der Waals surface area contributed by atoms with Crippen LogP contribution < -0.4 is 5.32 Å². The van der Waals surface area contributed by atoms with Gasteiger partial charge in [0.2, 0.25) is 0 Å². The third-order valence-corrected chi connectivity index (χ3v) is 3.83. The summed E-state index contributed by atoms with van der Waals surface area (Å²) in [6.07, 6.45) is 3.93. The smallest absolute Gasteiger partial charge is 0.296 e. The van der Waals surface area contributed by atoms with Gasteiger partial charge in [-0.05, 0) is 30.7 Å². The lowest BCUT2D eigenvalue weighted by Crippen LogP contribution is -2.37. The molecule has 2 amide bonds. The van der Waals surface area contributed by atoms with Crippen molar-refractivity contribution in [3.63, 3.8) is 0 Å². The van der Waals surface area contributed by atoms with Crippen LogP contribution in [-0.2, 0) is 4.79 Å². The lowest BCUT2D eigenvalue weighted by Gasteiger charge is -2.16. The van der Waals surface area contributed by atoms with Crippen LogP contribution >= 0.6 is 0 Å². The fourth-order valence-corrected chi connectivity index (χ4v) is 2.61. The molecule has 5 heteroatoms. The molecule has 1 aromatic heterocycles. The first kappa shape index (κ1) is 15.8. The number of amides is 2. The Morgan fingerprint density at radius 2 is 1.88 bits per heavy atom. The fraction of sp³-hybridized carbons (Fsp3) is 0.211. The van der Waals surface area contributed by atoms with Crippen LogP contribution in [-0.4, -0.2) is 40.8 Å². The molecule has 2 aromatic rings. The van der Waals surface area contributed by atoms with Gasteiger partial charge in [0.25, 0.3) is 11.8 Å². The first-order chi connectivity index (χ1) is 11.7. The van der Waals surface area contributed by atoms with Crippen molar-refractivity contribution in [2.75, 3.05) is 13.1 Å². The normalized spacial score (nSPS) is 16.2. The molecule has 1 fully saturated rings. The number of pyridine rings is 1. The van der Waals surface area contributed by atoms with Gasteiger partial charge in [-0.15, -0.1) is 0 Å². The number of hydrogen-bond donors (Lipinski definition) is 1. The summed E-state index contributed by atoms with van der Waals surface area (Å²) in [5.41, 5.74) is 1.41. The maximum Gasteiger partial charge on any atom is 0.296 e. The molecule has 2 heterocycles. The Balaban J connectivity index is 1.54. The van der Waals surface area contributed by atoms with E-state index in [2.05, 4.69) is 22.1 Å². The van der Waals surface area contributed by atoms with Crippen molar-refractivity contribution in [3.8, 4) is 11.8 Å². The zero-order chi connectivity index (χ0) is 16.8. The summed E-state index contributed by atoms with van der Waals surface area (Å²) in [4.78, 5) is 29.9. The summed E-state index contributed by atoms with van der Waals surface area (Å²) in [7, 11) is 0. The monoisotopic (exact) mass is 319 g/mol. The molecule has 0 unspecified atom stereocenters. The van der Waals surface area contributed by atoms with Crippen molar-refractivity contribution in [3.05, 3.63) is 66.0 Å². The van der Waals surface area contributed by atoms with E-state index in [4.69, 9.17) is 0 Å². The molecule has 1 aliphatic heterocycles. The van der Waals surface area contributed by atoms with Crippen molar-refractivity contribution in [2.45, 2.75) is 12.5 Å². The van der Waals surface area contributed by atoms with Gasteiger partial charge in [-0.3, -0.25) is 14.6 Å². The highest BCUT2D eigenvalue weighted by atomic mass is 16.2. The lowest BCUT2D eigenvalue weighted by atomic mass is 10.2. The van der Waals surface area contributed by atoms with Crippen molar-refractivity contribution >= 4 is 11.8 Å². The van der Waals surface area contributed by atoms with Crippen LogP contribution in [0.3, 0.4) is 0 Å². The van der Waals surface area contributed by atoms with Crippen molar-refractivity contribution in [2.24, 2.45) is 0 Å². The average Bonchev–Trinajstić information content (AvgIpc) is 3.09. The van der Waals surface area contributed by atoms with Crippen LogP contribution in [0.25, 0.3) is 0 Å². The van der Waals surface area contributed by atoms with Gasteiger partial charge in [-0.2, -0.15) is 0 Å². The van der Waals surface area contributed by atoms with Crippen molar-refractivity contribution < 1.29 is 9.59 Å². The Bertz CT molecular complexity index is 779. The third-order valence-electron chi connectivity index (χ3n) is 3.83. The largest absolute Gasteiger partial charge is 0.341 e. The molecular formula is C19H17N3O2. The number of rotatable bonds is 2. The van der Waals surface area contributed by atoms with Gasteiger partial charge in [0, 0.05) is 48.6 Å². The van der Waals surface area contributed by atoms with Crippen molar-refractivity contribution in [1.29, 1.82) is 0 Å². The molecule has 0 bridgehead atoms. The van der Waals surface area contributed by atoms with Gasteiger partial charge in [0.15, 0.2) is 0 Å². The molecule has 0 saturated carbocycles. The van der Waals surface area contributed by atoms with Crippen LogP contribution in [0.15, 0.2) is 54.9 Å². The summed E-state index contributed by atoms with van der Waals surface area (Å²) >= 11 is 0. The third kappa shape index (κ3) is 3.99. The summed E-state index contributed by atoms with van der Waals surface area (Å²) < 4.78 is 0. The van der Waals surface area contributed by atoms with E-state index < -0.39 is 0 Å². The predicted molar refractivity (Wildman–Crippen MR) is 90.0 cm³/mol. The summed E-state index contributed by atoms with van der Waals surface area (Å²) in [6.45, 7) is 1.12. The number of aromatic nitrogens is 1. The Morgan fingerprint density at radius 3 is 2.62 bits per heavy atom. The highest BCUT2D eigenvalue weighted by Gasteiger charge is 2.27. The highest BCUT2D eigenvalue weighted by Crippen LogP contribution is 2.13. The van der Waals surface area contributed by atoms with E-state index in [9.17, 15) is 9.59 Å². The topological polar surface area (TPSA) is 62.3 Å². The molecule has 5 nitrogen and oxygen atoms in total. The molecule has 1 aliphatic rings. The van der Waals surface area contributed by atoms with E-state index >= 15 is 0 Å². The van der Waals surface area contributed by atoms with Gasteiger partial charge in [-0.25, -0.2) is 0 Å². The van der Waals surface area contributed by atoms with E-state index in [0.717, 1.165) is 12.0 Å². The molecule has 1 atom stereocenters. The number of carbonyl (C=O) groups excluding carboxylic acids is 2. The molecule has 0 aliphatic carbocycles. The average molecular weight is 319 g/mol. The zero-order valence-corrected chi connectivity index (χ0v) is 13.1. The Morgan fingerprint density at radius 1 is 1.12 bits per heavy atom. The molecule has 1 saturated heterocycles. The van der Waals surface area contributed by atoms with E-state index in [-0.39, 0.29) is 17.9 Å². The standard InChI is InChI=1S/C19H17N3O2/c23-18(7-6-15-4-2-1-3-5-15)21-17-10-13-22(14-17)19(24)16-8-11-20-12-9-16/h1-5,8-9,11-12,17H,10,13-14H2,(H,21,23)/t17-/m0/s1. The number of likely N-dealkylation sites (tertiary alicyclic amines) is 1. The number of carbonyl (C=O) groups is 2. The van der Waals surface area contributed by atoms with Gasteiger partial charge in [0.1, 0.15) is 0 Å². The van der Waals surface area contributed by atoms with Crippen LogP contribution in [0.1, 0.15) is 22.3 Å². The minimum absolute atomic E-state index is 0.0375. The fourth-order valence-electron chi connectivity index (χ4n) is 2.61. The molecule has 1 N–H and O–H groups in total. The van der Waals surface area contributed by atoms with E-state index in [1.165, 1.54) is 0 Å². The first-order valence-electron chi connectivity index (χ1n) is 7.79. The van der Waals surface area contributed by atoms with E-state index in [1.54, 1.807) is 29.4 Å². The molecule has 0 radical (unpaired) electrons. The summed E-state index contributed by atoms with van der Waals surface area (Å²) in [6, 6.07) is 12.7. The van der Waals surface area contributed by atoms with E-state index in [1.807, 2.05) is 30.3 Å². The number of nitrogens with zero attached hydrogens (tertiary/aromatic N) is 2. The summed E-state index contributed by atoms with van der Waals surface area (Å²) in [5.74, 6) is 5.06. The zero-order valence-electron chi connectivity index (χ0n) is 13.1. The molecule has 24 heavy (non-hydrogen) atoms. The Hall–Kier alpha value is -3.13. The van der Waals surface area contributed by atoms with Crippen LogP contribution in [0, 0.1) is 11.8 Å². The second-order valence-electron chi connectivity index (χ2n) is 5.56. The second-order valence-corrected chi connectivity index (χ2v) is 5.56. The molecule has 120 valence electrons. The number of hydrogen-bond acceptors (Lipinski definition) is 3. The highest BCUT2D eigenvalue weighted by molar-refractivity contribution is 5.95. The van der Waals surface area contributed by atoms with Crippen LogP contribution in [0.2, 0.25) is 0 Å². The van der Waals surface area contributed by atoms with Gasteiger partial charge < -0.3 is 10.2 Å². The Labute approximate surface area is 140 Å². The van der Waals surface area contributed by atoms with Crippen molar-refractivity contribution in [1.82, 2.24) is 15.2 Å². The SMILES string of the molecule is O=C(C#Cc1ccccc1)N[C@H]1CCN(C(=O)c2ccncc2)C1. The molecular weight excluding hydrogens is 302 g/mol. The number of benzene rings is 1. The first-order valence-corrected chi connectivity index (χ1v) is 7.79. The van der Waals surface area contributed by atoms with E-state index in [0.29, 0.717) is 18.7 Å². The van der Waals surface area contributed by atoms with Crippen LogP contribution in [0.5, 0.6) is 0 Å².